The van der Waals surface area contributed by atoms with Gasteiger partial charge >= 0.3 is 17.7 Å². The van der Waals surface area contributed by atoms with Gasteiger partial charge < -0.3 is 77.0 Å². The maximum absolute atomic E-state index is 15.2. The van der Waals surface area contributed by atoms with Crippen LogP contribution in [0.1, 0.15) is 179 Å². The highest BCUT2D eigenvalue weighted by Gasteiger charge is 2.47. The van der Waals surface area contributed by atoms with Gasteiger partial charge in [0.2, 0.25) is 41.4 Å². The van der Waals surface area contributed by atoms with E-state index < -0.39 is 125 Å². The van der Waals surface area contributed by atoms with Crippen molar-refractivity contribution in [2.24, 2.45) is 11.7 Å². The van der Waals surface area contributed by atoms with Crippen LogP contribution >= 0.6 is 0 Å². The van der Waals surface area contributed by atoms with E-state index in [9.17, 15) is 54.5 Å². The number of nitro benzene ring substituents is 1. The molecule has 12 N–H and O–H groups in total. The molecule has 3 heterocycles. The SMILES string of the molecule is CCCCCCCCCCCNC(=O)N[C@@H](C(=O)O)C1NC(=O)[C@H](Cc2ccccc2)NC(=O)[C@H](NC(=O)[C@H](N)CC(C)C)Cc2ccc(c([N+](=O)[O-])c2)Oc2cc1cc(OC1OC(O)C(O)C(O)C1NC(=O)CCCCCCCCCCC)c2OC. The van der Waals surface area contributed by atoms with Crippen molar-refractivity contribution >= 4 is 41.3 Å². The first-order valence-corrected chi connectivity index (χ1v) is 31.0. The molecule has 0 aliphatic carbocycles. The summed E-state index contributed by atoms with van der Waals surface area (Å²) in [5, 5.41) is 73.4. The summed E-state index contributed by atoms with van der Waals surface area (Å²) < 4.78 is 24.3. The molecule has 0 aromatic heterocycles. The van der Waals surface area contributed by atoms with Crippen LogP contribution in [0.15, 0.2) is 60.7 Å². The molecule has 10 atom stereocenters. The van der Waals surface area contributed by atoms with Crippen LogP contribution in [0.3, 0.4) is 0 Å². The van der Waals surface area contributed by atoms with Crippen LogP contribution in [-0.2, 0) is 41.6 Å². The molecule has 0 spiro atoms. The summed E-state index contributed by atoms with van der Waals surface area (Å²) in [5.41, 5.74) is 6.09. The molecule has 6 unspecified atom stereocenters. The van der Waals surface area contributed by atoms with Gasteiger partial charge in [0.1, 0.15) is 30.3 Å². The lowest BCUT2D eigenvalue weighted by atomic mass is 9.96. The zero-order chi connectivity index (χ0) is 63.4. The normalized spacial score (nSPS) is 21.1. The fourth-order valence-corrected chi connectivity index (χ4v) is 10.7. The van der Waals surface area contributed by atoms with Crippen molar-refractivity contribution < 1.29 is 73.1 Å². The summed E-state index contributed by atoms with van der Waals surface area (Å²) in [6, 6.07) is 4.03. The van der Waals surface area contributed by atoms with Crippen LogP contribution in [0, 0.1) is 16.0 Å². The zero-order valence-electron chi connectivity index (χ0n) is 51.1. The molecule has 3 aliphatic rings. The Morgan fingerprint density at radius 1 is 0.782 bits per heavy atom. The van der Waals surface area contributed by atoms with Gasteiger partial charge in [-0.15, -0.1) is 0 Å². The topological polar surface area (TPSA) is 362 Å². The lowest BCUT2D eigenvalue weighted by Gasteiger charge is -2.41. The van der Waals surface area contributed by atoms with Crippen molar-refractivity contribution in [3.05, 3.63) is 87.5 Å². The predicted molar refractivity (Wildman–Crippen MR) is 325 cm³/mol. The van der Waals surface area contributed by atoms with Crippen LogP contribution in [0.25, 0.3) is 0 Å². The number of methoxy groups -OCH3 is 1. The van der Waals surface area contributed by atoms with Crippen molar-refractivity contribution in [3.63, 3.8) is 0 Å². The van der Waals surface area contributed by atoms with Crippen LogP contribution in [0.5, 0.6) is 23.0 Å². The van der Waals surface area contributed by atoms with Crippen molar-refractivity contribution in [1.82, 2.24) is 31.9 Å². The first kappa shape index (κ1) is 70.6. The molecule has 3 aromatic rings. The van der Waals surface area contributed by atoms with E-state index in [2.05, 4.69) is 45.7 Å². The summed E-state index contributed by atoms with van der Waals surface area (Å²) in [6.45, 7) is 8.18. The van der Waals surface area contributed by atoms with Crippen molar-refractivity contribution in [1.29, 1.82) is 0 Å². The summed E-state index contributed by atoms with van der Waals surface area (Å²) in [4.78, 5) is 97.1. The molecule has 6 rings (SSSR count). The first-order valence-electron chi connectivity index (χ1n) is 31.0. The van der Waals surface area contributed by atoms with Crippen molar-refractivity contribution in [2.75, 3.05) is 13.7 Å². The van der Waals surface area contributed by atoms with Gasteiger partial charge in [-0.1, -0.05) is 167 Å². The quantitative estimate of drug-likeness (QED) is 0.0160. The molecule has 4 bridgehead atoms. The Kier molecular flexibility index (Phi) is 30.0. The number of carboxylic acids is 1. The van der Waals surface area contributed by atoms with E-state index in [4.69, 9.17) is 24.7 Å². The number of aliphatic hydroxyl groups is 3. The number of benzene rings is 3. The van der Waals surface area contributed by atoms with Gasteiger partial charge in [0.25, 0.3) is 0 Å². The number of unbranched alkanes of at least 4 members (excludes halogenated alkanes) is 16. The van der Waals surface area contributed by atoms with Gasteiger partial charge in [-0.2, -0.15) is 0 Å². The molecule has 0 radical (unpaired) electrons. The third-order valence-electron chi connectivity index (χ3n) is 15.5. The van der Waals surface area contributed by atoms with E-state index in [1.54, 1.807) is 30.3 Å². The summed E-state index contributed by atoms with van der Waals surface area (Å²) in [6.07, 6.45) is 9.76. The fraction of sp³-hybridized carbons (Fsp3) is 0.619. The highest BCUT2D eigenvalue weighted by atomic mass is 16.7. The molecule has 1 saturated heterocycles. The van der Waals surface area contributed by atoms with Crippen molar-refractivity contribution in [3.8, 4) is 23.0 Å². The molecule has 87 heavy (non-hydrogen) atoms. The molecular formula is C63H94N8O16. The average Bonchev–Trinajstić information content (AvgIpc) is 1.03. The number of rotatable bonds is 34. The number of urea groups is 1. The number of carboxylic acid groups (broad SMARTS) is 1. The van der Waals surface area contributed by atoms with Crippen LogP contribution in [0.4, 0.5) is 10.5 Å². The first-order chi connectivity index (χ1) is 41.7. The second-order valence-electron chi connectivity index (χ2n) is 23.2. The fourth-order valence-electron chi connectivity index (χ4n) is 10.7. The molecule has 24 heteroatoms. The lowest BCUT2D eigenvalue weighted by Crippen LogP contribution is -2.65. The predicted octanol–water partition coefficient (Wildman–Crippen LogP) is 7.16. The Morgan fingerprint density at radius 2 is 1.40 bits per heavy atom. The number of nitro groups is 1. The maximum atomic E-state index is 15.2. The highest BCUT2D eigenvalue weighted by Crippen LogP contribution is 2.45. The zero-order valence-corrected chi connectivity index (χ0v) is 51.1. The van der Waals surface area contributed by atoms with Gasteiger partial charge in [0.15, 0.2) is 23.8 Å². The number of carbonyl (C=O) groups excluding carboxylic acids is 5. The van der Waals surface area contributed by atoms with Crippen molar-refractivity contribution in [2.45, 2.75) is 230 Å². The van der Waals surface area contributed by atoms with Crippen LogP contribution in [0.2, 0.25) is 0 Å². The number of nitrogens with two attached hydrogens (primary N) is 1. The van der Waals surface area contributed by atoms with E-state index in [1.165, 1.54) is 57.1 Å². The molecule has 482 valence electrons. The average molecular weight is 1220 g/mol. The monoisotopic (exact) mass is 1220 g/mol. The number of amides is 6. The van der Waals surface area contributed by atoms with E-state index in [0.717, 1.165) is 83.1 Å². The lowest BCUT2D eigenvalue weighted by molar-refractivity contribution is -0.385. The number of aliphatic carboxylic acids is 1. The second kappa shape index (κ2) is 36.9. The number of aliphatic hydroxyl groups excluding tert-OH is 3. The van der Waals surface area contributed by atoms with Gasteiger partial charge in [-0.3, -0.25) is 29.3 Å². The third kappa shape index (κ3) is 22.8. The Morgan fingerprint density at radius 3 is 2.00 bits per heavy atom. The standard InChI is InChI=1S/C63H94N8O16/c1-6-8-10-12-14-16-18-20-25-29-50(72)68-53-54(73)55(74)61(80)87-62(53)86-49-38-42-37-48(56(49)84-5)85-47-31-30-41(36-46(47)71(82)83)35-45(66-57(75)43(64)33-39(3)4)58(76)67-44(34-40-27-23-22-24-28-40)59(77)69-51(42)52(60(78)79)70-63(81)65-32-26-21-19-17-15-13-11-9-7-2/h22-24,27-28,30-31,36-39,43-45,51-55,61-62,73-74,80H,6-21,25-26,29,32-35,64H2,1-5H3,(H,66,75)(H,67,76)(H,68,72)(H,69,77)(H,78,79)(H2,65,70,81)/t43-,44+,45-,51?,52-,53?,54?,55?,61?,62?/m1/s1. The number of fused-ring (bicyclic) bond motifs is 9. The van der Waals surface area contributed by atoms with Gasteiger partial charge in [0, 0.05) is 31.9 Å². The van der Waals surface area contributed by atoms with Gasteiger partial charge in [-0.05, 0) is 60.1 Å². The molecule has 24 nitrogen and oxygen atoms in total. The number of nitrogens with zero attached hydrogens (tertiary/aromatic N) is 1. The Bertz CT molecular complexity index is 2680. The van der Waals surface area contributed by atoms with Gasteiger partial charge in [-0.25, -0.2) is 9.59 Å². The molecule has 0 saturated carbocycles. The molecule has 3 aliphatic heterocycles. The Labute approximate surface area is 510 Å². The molecule has 3 aromatic carbocycles. The van der Waals surface area contributed by atoms with Crippen LogP contribution < -0.4 is 51.8 Å². The Balaban J connectivity index is 1.64. The number of carbonyl (C=O) groups is 6. The molecular weight excluding hydrogens is 1120 g/mol. The highest BCUT2D eigenvalue weighted by molar-refractivity contribution is 5.94. The van der Waals surface area contributed by atoms with E-state index in [-0.39, 0.29) is 55.0 Å². The minimum atomic E-state index is -2.09. The second-order valence-corrected chi connectivity index (χ2v) is 23.2. The minimum absolute atomic E-state index is 0.0178. The third-order valence-corrected chi connectivity index (χ3v) is 15.5. The summed E-state index contributed by atoms with van der Waals surface area (Å²) >= 11 is 0. The smallest absolute Gasteiger partial charge is 0.328 e. The number of hydrogen-bond acceptors (Lipinski definition) is 16. The number of nitrogens with one attached hydrogen (secondary N) is 6. The van der Waals surface area contributed by atoms with E-state index >= 15 is 4.79 Å². The molecule has 1 fully saturated rings. The Hall–Kier alpha value is -7.12. The largest absolute Gasteiger partial charge is 0.490 e. The van der Waals surface area contributed by atoms with Crippen LogP contribution in [-0.4, -0.2) is 130 Å². The minimum Gasteiger partial charge on any atom is -0.490 e. The number of ether oxygens (including phenoxy) is 4. The van der Waals surface area contributed by atoms with Gasteiger partial charge in [0.05, 0.1) is 24.1 Å². The van der Waals surface area contributed by atoms with E-state index in [1.807, 2.05) is 13.8 Å². The maximum Gasteiger partial charge on any atom is 0.328 e. The summed E-state index contributed by atoms with van der Waals surface area (Å²) in [5.74, 6) is -6.49. The van der Waals surface area contributed by atoms with E-state index in [0.29, 0.717) is 18.4 Å². The summed E-state index contributed by atoms with van der Waals surface area (Å²) in [7, 11) is 1.18. The number of hydrogen-bond donors (Lipinski definition) is 11. The molecule has 6 amide bonds.